The molecule has 1 saturated heterocycles. The van der Waals surface area contributed by atoms with Crippen LogP contribution < -0.4 is 0 Å². The number of aromatic hydroxyl groups is 1. The van der Waals surface area contributed by atoms with Crippen LogP contribution in [0.25, 0.3) is 0 Å². The molecule has 1 aromatic rings. The van der Waals surface area contributed by atoms with Gasteiger partial charge in [0, 0.05) is 18.5 Å². The molecule has 0 amide bonds. The number of phenols is 1. The van der Waals surface area contributed by atoms with Gasteiger partial charge in [-0.15, -0.1) is 0 Å². The number of carbonyl (C=O) groups is 1. The molecule has 1 fully saturated rings. The number of benzene rings is 1. The van der Waals surface area contributed by atoms with Crippen LogP contribution in [0.4, 0.5) is 0 Å². The summed E-state index contributed by atoms with van der Waals surface area (Å²) in [4.78, 5) is 14.4. The summed E-state index contributed by atoms with van der Waals surface area (Å²) in [5.74, 6) is 0.283. The zero-order valence-corrected chi connectivity index (χ0v) is 10.8. The highest BCUT2D eigenvalue weighted by atomic mass is 16.3. The second-order valence-corrected chi connectivity index (χ2v) is 4.98. The van der Waals surface area contributed by atoms with Crippen molar-refractivity contribution in [3.63, 3.8) is 0 Å². The lowest BCUT2D eigenvalue weighted by molar-refractivity contribution is 0.0964. The van der Waals surface area contributed by atoms with Crippen molar-refractivity contribution in [3.05, 3.63) is 29.8 Å². The van der Waals surface area contributed by atoms with E-state index in [0.717, 1.165) is 19.6 Å². The first kappa shape index (κ1) is 13.1. The Bertz CT molecular complexity index is 395. The highest BCUT2D eigenvalue weighted by molar-refractivity contribution is 5.96. The summed E-state index contributed by atoms with van der Waals surface area (Å²) in [6.07, 6.45) is 5.68. The highest BCUT2D eigenvalue weighted by Gasteiger charge is 2.12. The minimum atomic E-state index is 0.121. The van der Waals surface area contributed by atoms with Crippen LogP contribution in [0.2, 0.25) is 0 Å². The first-order chi connectivity index (χ1) is 8.75. The lowest BCUT2D eigenvalue weighted by atomic mass is 10.1. The Morgan fingerprint density at radius 1 is 1.17 bits per heavy atom. The maximum atomic E-state index is 12.0. The van der Waals surface area contributed by atoms with Crippen molar-refractivity contribution in [3.8, 4) is 5.75 Å². The van der Waals surface area contributed by atoms with Crippen LogP contribution in [-0.4, -0.2) is 35.4 Å². The van der Waals surface area contributed by atoms with E-state index in [2.05, 4.69) is 4.90 Å². The average Bonchev–Trinajstić information content (AvgIpc) is 2.64. The third-order valence-corrected chi connectivity index (χ3v) is 3.52. The molecule has 0 aliphatic carbocycles. The van der Waals surface area contributed by atoms with Gasteiger partial charge in [-0.05, 0) is 38.1 Å². The van der Waals surface area contributed by atoms with E-state index in [1.54, 1.807) is 24.3 Å². The van der Waals surface area contributed by atoms with Crippen molar-refractivity contribution in [1.82, 2.24) is 4.90 Å². The molecular formula is C15H21NO2. The maximum absolute atomic E-state index is 12.0. The fourth-order valence-electron chi connectivity index (χ4n) is 2.44. The molecule has 0 atom stereocenters. The predicted molar refractivity (Wildman–Crippen MR) is 72.0 cm³/mol. The van der Waals surface area contributed by atoms with Crippen molar-refractivity contribution in [2.24, 2.45) is 0 Å². The van der Waals surface area contributed by atoms with Crippen molar-refractivity contribution in [1.29, 1.82) is 0 Å². The minimum Gasteiger partial charge on any atom is -0.508 e. The molecule has 0 aromatic heterocycles. The van der Waals surface area contributed by atoms with E-state index >= 15 is 0 Å². The molecule has 1 heterocycles. The largest absolute Gasteiger partial charge is 0.508 e. The molecule has 0 saturated carbocycles. The van der Waals surface area contributed by atoms with Gasteiger partial charge in [0.25, 0.3) is 0 Å². The van der Waals surface area contributed by atoms with E-state index in [1.807, 2.05) is 0 Å². The molecule has 2 rings (SSSR count). The monoisotopic (exact) mass is 247 g/mol. The summed E-state index contributed by atoms with van der Waals surface area (Å²) >= 11 is 0. The summed E-state index contributed by atoms with van der Waals surface area (Å²) in [5.41, 5.74) is 0.616. The molecule has 3 nitrogen and oxygen atoms in total. The van der Waals surface area contributed by atoms with Crippen LogP contribution in [0.3, 0.4) is 0 Å². The topological polar surface area (TPSA) is 40.5 Å². The number of hydrogen-bond donors (Lipinski definition) is 1. The quantitative estimate of drug-likeness (QED) is 0.832. The third kappa shape index (κ3) is 3.84. The van der Waals surface area contributed by atoms with Crippen LogP contribution in [0.15, 0.2) is 24.3 Å². The molecule has 1 N–H and O–H groups in total. The van der Waals surface area contributed by atoms with Crippen LogP contribution in [0.5, 0.6) is 5.75 Å². The SMILES string of the molecule is O=C(CCN1CCCCCC1)c1cccc(O)c1. The van der Waals surface area contributed by atoms with Gasteiger partial charge >= 0.3 is 0 Å². The smallest absolute Gasteiger partial charge is 0.164 e. The number of phenolic OH excluding ortho intramolecular Hbond substituents is 1. The normalized spacial score (nSPS) is 17.3. The predicted octanol–water partition coefficient (Wildman–Crippen LogP) is 2.84. The zero-order valence-electron chi connectivity index (χ0n) is 10.8. The summed E-state index contributed by atoms with van der Waals surface area (Å²) in [6.45, 7) is 3.08. The van der Waals surface area contributed by atoms with Gasteiger partial charge in [-0.25, -0.2) is 0 Å². The Balaban J connectivity index is 1.84. The number of hydrogen-bond acceptors (Lipinski definition) is 3. The third-order valence-electron chi connectivity index (χ3n) is 3.52. The molecule has 1 aliphatic heterocycles. The maximum Gasteiger partial charge on any atom is 0.164 e. The Morgan fingerprint density at radius 2 is 1.89 bits per heavy atom. The van der Waals surface area contributed by atoms with Gasteiger partial charge in [0.2, 0.25) is 0 Å². The van der Waals surface area contributed by atoms with Gasteiger partial charge in [0.05, 0.1) is 0 Å². The average molecular weight is 247 g/mol. The molecular weight excluding hydrogens is 226 g/mol. The van der Waals surface area contributed by atoms with Crippen LogP contribution in [-0.2, 0) is 0 Å². The Labute approximate surface area is 108 Å². The van der Waals surface area contributed by atoms with Crippen molar-refractivity contribution in [2.75, 3.05) is 19.6 Å². The van der Waals surface area contributed by atoms with Gasteiger partial charge in [0.1, 0.15) is 5.75 Å². The van der Waals surface area contributed by atoms with Crippen LogP contribution in [0, 0.1) is 0 Å². The van der Waals surface area contributed by atoms with Gasteiger partial charge in [-0.1, -0.05) is 25.0 Å². The number of nitrogens with zero attached hydrogens (tertiary/aromatic N) is 1. The zero-order chi connectivity index (χ0) is 12.8. The molecule has 18 heavy (non-hydrogen) atoms. The second-order valence-electron chi connectivity index (χ2n) is 4.98. The molecule has 1 aliphatic rings. The first-order valence-electron chi connectivity index (χ1n) is 6.80. The molecule has 98 valence electrons. The Kier molecular flexibility index (Phi) is 4.76. The number of rotatable bonds is 4. The lowest BCUT2D eigenvalue weighted by Gasteiger charge is -2.18. The minimum absolute atomic E-state index is 0.121. The summed E-state index contributed by atoms with van der Waals surface area (Å²) in [7, 11) is 0. The fourth-order valence-corrected chi connectivity index (χ4v) is 2.44. The van der Waals surface area contributed by atoms with Gasteiger partial charge in [-0.3, -0.25) is 4.79 Å². The fraction of sp³-hybridized carbons (Fsp3) is 0.533. The Morgan fingerprint density at radius 3 is 2.56 bits per heavy atom. The van der Waals surface area contributed by atoms with Crippen molar-refractivity contribution in [2.45, 2.75) is 32.1 Å². The molecule has 0 radical (unpaired) electrons. The molecule has 0 spiro atoms. The van der Waals surface area contributed by atoms with Gasteiger partial charge in [-0.2, -0.15) is 0 Å². The molecule has 3 heteroatoms. The number of Topliss-reactive ketones (excluding diaryl/α,β-unsaturated/α-hetero) is 1. The Hall–Kier alpha value is -1.35. The highest BCUT2D eigenvalue weighted by Crippen LogP contribution is 2.14. The van der Waals surface area contributed by atoms with E-state index in [1.165, 1.54) is 25.7 Å². The van der Waals surface area contributed by atoms with Gasteiger partial charge in [0.15, 0.2) is 5.78 Å². The van der Waals surface area contributed by atoms with E-state index in [0.29, 0.717) is 12.0 Å². The van der Waals surface area contributed by atoms with E-state index in [9.17, 15) is 9.90 Å². The number of carbonyl (C=O) groups excluding carboxylic acids is 1. The summed E-state index contributed by atoms with van der Waals surface area (Å²) in [6, 6.07) is 6.62. The van der Waals surface area contributed by atoms with Crippen LogP contribution >= 0.6 is 0 Å². The lowest BCUT2D eigenvalue weighted by Crippen LogP contribution is -2.27. The number of likely N-dealkylation sites (tertiary alicyclic amines) is 1. The molecule has 0 bridgehead atoms. The molecule has 1 aromatic carbocycles. The summed E-state index contributed by atoms with van der Waals surface area (Å²) in [5, 5.41) is 9.35. The molecule has 0 unspecified atom stereocenters. The second kappa shape index (κ2) is 6.55. The van der Waals surface area contributed by atoms with Crippen LogP contribution in [0.1, 0.15) is 42.5 Å². The van der Waals surface area contributed by atoms with Crippen molar-refractivity contribution >= 4 is 5.78 Å². The first-order valence-corrected chi connectivity index (χ1v) is 6.80. The standard InChI is InChI=1S/C15H21NO2/c17-14-7-5-6-13(12-14)15(18)8-11-16-9-3-1-2-4-10-16/h5-7,12,17H,1-4,8-11H2. The van der Waals surface area contributed by atoms with E-state index in [-0.39, 0.29) is 11.5 Å². The van der Waals surface area contributed by atoms with E-state index in [4.69, 9.17) is 0 Å². The van der Waals surface area contributed by atoms with Crippen molar-refractivity contribution < 1.29 is 9.90 Å². The van der Waals surface area contributed by atoms with E-state index < -0.39 is 0 Å². The van der Waals surface area contributed by atoms with Gasteiger partial charge < -0.3 is 10.0 Å². The number of ketones is 1. The summed E-state index contributed by atoms with van der Waals surface area (Å²) < 4.78 is 0.